The van der Waals surface area contributed by atoms with Crippen molar-refractivity contribution in [3.8, 4) is 16.2 Å². The zero-order chi connectivity index (χ0) is 21.0. The maximum absolute atomic E-state index is 10.5. The molecule has 156 valence electrons. The van der Waals surface area contributed by atoms with Gasteiger partial charge in [0.25, 0.3) is 0 Å². The third-order valence-corrected chi connectivity index (χ3v) is 5.99. The maximum Gasteiger partial charge on any atom is 0.137 e. The summed E-state index contributed by atoms with van der Waals surface area (Å²) in [4.78, 5) is 8.74. The second-order valence-electron chi connectivity index (χ2n) is 8.09. The molecule has 3 aromatic heterocycles. The van der Waals surface area contributed by atoms with Crippen molar-refractivity contribution in [3.05, 3.63) is 71.9 Å². The summed E-state index contributed by atoms with van der Waals surface area (Å²) < 4.78 is 5.95. The first-order valence-electron chi connectivity index (χ1n) is 10.1. The lowest BCUT2D eigenvalue weighted by Crippen LogP contribution is -2.46. The third kappa shape index (κ3) is 4.90. The lowest BCUT2D eigenvalue weighted by atomic mass is 9.95. The minimum atomic E-state index is -0.606. The van der Waals surface area contributed by atoms with Gasteiger partial charge < -0.3 is 20.1 Å². The molecule has 4 rings (SSSR count). The quantitative estimate of drug-likeness (QED) is 0.368. The van der Waals surface area contributed by atoms with E-state index < -0.39 is 6.10 Å². The summed E-state index contributed by atoms with van der Waals surface area (Å²) in [7, 11) is 0. The van der Waals surface area contributed by atoms with Crippen LogP contribution in [0.15, 0.2) is 66.3 Å². The van der Waals surface area contributed by atoms with Crippen molar-refractivity contribution in [3.63, 3.8) is 0 Å². The molecule has 0 spiro atoms. The van der Waals surface area contributed by atoms with Crippen molar-refractivity contribution < 1.29 is 9.84 Å². The number of aliphatic hydroxyl groups excluding tert-OH is 1. The zero-order valence-corrected chi connectivity index (χ0v) is 18.1. The number of para-hydroxylation sites is 1. The molecule has 3 heterocycles. The number of rotatable bonds is 9. The lowest BCUT2D eigenvalue weighted by Gasteiger charge is -2.28. The maximum atomic E-state index is 10.5. The summed E-state index contributed by atoms with van der Waals surface area (Å²) in [5, 5.41) is 17.2. The highest BCUT2D eigenvalue weighted by atomic mass is 32.1. The molecule has 0 bridgehead atoms. The van der Waals surface area contributed by atoms with Crippen molar-refractivity contribution >= 4 is 22.4 Å². The summed E-state index contributed by atoms with van der Waals surface area (Å²) in [5.41, 5.74) is 2.99. The molecule has 30 heavy (non-hydrogen) atoms. The number of thiophene rings is 1. The van der Waals surface area contributed by atoms with Crippen molar-refractivity contribution in [1.82, 2.24) is 15.3 Å². The van der Waals surface area contributed by atoms with Crippen molar-refractivity contribution in [1.29, 1.82) is 0 Å². The fourth-order valence-electron chi connectivity index (χ4n) is 3.56. The number of hydrogen-bond donors (Lipinski definition) is 3. The number of benzene rings is 1. The van der Waals surface area contributed by atoms with Gasteiger partial charge in [-0.25, -0.2) is 4.98 Å². The number of H-pyrrole nitrogens is 1. The fraction of sp³-hybridized carbons (Fsp3) is 0.292. The van der Waals surface area contributed by atoms with Crippen LogP contribution in [0.3, 0.4) is 0 Å². The normalized spacial score (nSPS) is 12.9. The highest BCUT2D eigenvalue weighted by molar-refractivity contribution is 7.13. The molecular weight excluding hydrogens is 394 g/mol. The van der Waals surface area contributed by atoms with Gasteiger partial charge in [-0.2, -0.15) is 0 Å². The standard InChI is InChI=1S/C24H27N3O2S/c1-24(2,13-17-14-26-23-19(17)8-5-11-25-23)27-15-18(28)16-29-21-9-4-3-7-20(21)22-10-6-12-30-22/h3-12,14,18,27-28H,13,15-16H2,1-2H3,(H,25,26)/t18-/m0/s1. The van der Waals surface area contributed by atoms with Crippen LogP contribution in [0.1, 0.15) is 19.4 Å². The van der Waals surface area contributed by atoms with Gasteiger partial charge in [0.05, 0.1) is 0 Å². The van der Waals surface area contributed by atoms with Gasteiger partial charge >= 0.3 is 0 Å². The molecule has 0 saturated carbocycles. The Morgan fingerprint density at radius 2 is 2.03 bits per heavy atom. The molecule has 1 atom stereocenters. The van der Waals surface area contributed by atoms with Gasteiger partial charge in [0, 0.05) is 40.3 Å². The van der Waals surface area contributed by atoms with Crippen molar-refractivity contribution in [2.45, 2.75) is 31.9 Å². The van der Waals surface area contributed by atoms with Gasteiger partial charge in [0.15, 0.2) is 0 Å². The smallest absolute Gasteiger partial charge is 0.137 e. The van der Waals surface area contributed by atoms with Crippen LogP contribution in [0.4, 0.5) is 0 Å². The minimum Gasteiger partial charge on any atom is -0.490 e. The van der Waals surface area contributed by atoms with Gasteiger partial charge in [-0.3, -0.25) is 0 Å². The monoisotopic (exact) mass is 421 g/mol. The van der Waals surface area contributed by atoms with Gasteiger partial charge in [-0.15, -0.1) is 11.3 Å². The van der Waals surface area contributed by atoms with E-state index in [0.29, 0.717) is 6.54 Å². The molecule has 0 unspecified atom stereocenters. The minimum absolute atomic E-state index is 0.180. The number of β-amino-alcohol motifs (C(OH)–C–C–N with tert-alkyl or cyclic N) is 1. The predicted octanol–water partition coefficient (Wildman–Crippen LogP) is 4.64. The molecule has 0 amide bonds. The molecular formula is C24H27N3O2S. The molecule has 4 aromatic rings. The fourth-order valence-corrected chi connectivity index (χ4v) is 4.32. The Morgan fingerprint density at radius 1 is 1.17 bits per heavy atom. The second-order valence-corrected chi connectivity index (χ2v) is 9.04. The van der Waals surface area contributed by atoms with Crippen molar-refractivity contribution in [2.24, 2.45) is 0 Å². The SMILES string of the molecule is CC(C)(Cc1c[nH]c2ncccc12)NC[C@H](O)COc1ccccc1-c1cccs1. The third-order valence-electron chi connectivity index (χ3n) is 5.09. The van der Waals surface area contributed by atoms with Gasteiger partial charge in [0.2, 0.25) is 0 Å². The molecule has 0 saturated heterocycles. The number of aliphatic hydroxyl groups is 1. The Balaban J connectivity index is 1.32. The zero-order valence-electron chi connectivity index (χ0n) is 17.3. The molecule has 1 aromatic carbocycles. The summed E-state index contributed by atoms with van der Waals surface area (Å²) in [6, 6.07) is 16.1. The van der Waals surface area contributed by atoms with E-state index in [4.69, 9.17) is 4.74 Å². The van der Waals surface area contributed by atoms with E-state index in [2.05, 4.69) is 46.6 Å². The Labute approximate surface area is 180 Å². The molecule has 0 aliphatic carbocycles. The number of nitrogens with zero attached hydrogens (tertiary/aromatic N) is 1. The molecule has 5 nitrogen and oxygen atoms in total. The van der Waals surface area contributed by atoms with Crippen LogP contribution in [-0.4, -0.2) is 39.9 Å². The Morgan fingerprint density at radius 3 is 2.87 bits per heavy atom. The van der Waals surface area contributed by atoms with Gasteiger partial charge in [0.1, 0.15) is 24.1 Å². The topological polar surface area (TPSA) is 70.2 Å². The largest absolute Gasteiger partial charge is 0.490 e. The summed E-state index contributed by atoms with van der Waals surface area (Å²) in [6.07, 6.45) is 4.03. The van der Waals surface area contributed by atoms with E-state index in [9.17, 15) is 5.11 Å². The number of hydrogen-bond acceptors (Lipinski definition) is 5. The van der Waals surface area contributed by atoms with Crippen LogP contribution in [0.25, 0.3) is 21.5 Å². The highest BCUT2D eigenvalue weighted by Gasteiger charge is 2.21. The average molecular weight is 422 g/mol. The summed E-state index contributed by atoms with van der Waals surface area (Å²) >= 11 is 1.68. The number of ether oxygens (including phenoxy) is 1. The van der Waals surface area contributed by atoms with Crippen LogP contribution >= 0.6 is 11.3 Å². The van der Waals surface area contributed by atoms with E-state index in [1.165, 1.54) is 5.56 Å². The summed E-state index contributed by atoms with van der Waals surface area (Å²) in [5.74, 6) is 0.796. The van der Waals surface area contributed by atoms with E-state index in [0.717, 1.165) is 33.6 Å². The summed E-state index contributed by atoms with van der Waals surface area (Å²) in [6.45, 7) is 4.97. The van der Waals surface area contributed by atoms with Crippen molar-refractivity contribution in [2.75, 3.05) is 13.2 Å². The van der Waals surface area contributed by atoms with E-state index in [1.807, 2.05) is 42.6 Å². The van der Waals surface area contributed by atoms with Crippen LogP contribution in [0, 0.1) is 0 Å². The molecule has 0 aliphatic rings. The number of pyridine rings is 1. The van der Waals surface area contributed by atoms with Gasteiger partial charge in [-0.1, -0.05) is 18.2 Å². The van der Waals surface area contributed by atoms with Gasteiger partial charge in [-0.05, 0) is 61.5 Å². The number of aromatic amines is 1. The lowest BCUT2D eigenvalue weighted by molar-refractivity contribution is 0.0991. The first-order valence-corrected chi connectivity index (χ1v) is 11.0. The molecule has 0 fully saturated rings. The molecule has 3 N–H and O–H groups in total. The predicted molar refractivity (Wildman–Crippen MR) is 123 cm³/mol. The highest BCUT2D eigenvalue weighted by Crippen LogP contribution is 2.33. The van der Waals surface area contributed by atoms with Crippen LogP contribution in [0.5, 0.6) is 5.75 Å². The molecule has 6 heteroatoms. The van der Waals surface area contributed by atoms with Crippen LogP contribution < -0.4 is 10.1 Å². The second kappa shape index (κ2) is 9.00. The van der Waals surface area contributed by atoms with E-state index >= 15 is 0 Å². The molecule has 0 radical (unpaired) electrons. The Bertz CT molecular complexity index is 1090. The number of aromatic nitrogens is 2. The number of fused-ring (bicyclic) bond motifs is 1. The average Bonchev–Trinajstić information content (AvgIpc) is 3.42. The first kappa shape index (κ1) is 20.6. The van der Waals surface area contributed by atoms with Crippen LogP contribution in [0.2, 0.25) is 0 Å². The molecule has 0 aliphatic heterocycles. The first-order chi connectivity index (χ1) is 14.5. The Kier molecular flexibility index (Phi) is 6.18. The Hall–Kier alpha value is -2.67. The number of nitrogens with one attached hydrogen (secondary N) is 2. The van der Waals surface area contributed by atoms with E-state index in [1.54, 1.807) is 17.5 Å². The van der Waals surface area contributed by atoms with E-state index in [-0.39, 0.29) is 12.1 Å². The van der Waals surface area contributed by atoms with Crippen LogP contribution in [-0.2, 0) is 6.42 Å².